The lowest BCUT2D eigenvalue weighted by molar-refractivity contribution is -0.142. The molecule has 4 heterocycles. The van der Waals surface area contributed by atoms with Crippen molar-refractivity contribution in [2.75, 3.05) is 13.7 Å². The third kappa shape index (κ3) is 10.7. The number of ether oxygens (including phenoxy) is 3. The molecule has 0 bridgehead atoms. The summed E-state index contributed by atoms with van der Waals surface area (Å²) in [5.41, 5.74) is -1.08. The number of fused-ring (bicyclic) bond motifs is 3. The van der Waals surface area contributed by atoms with Crippen molar-refractivity contribution in [1.29, 1.82) is 0 Å². The molecule has 2 aliphatic heterocycles. The summed E-state index contributed by atoms with van der Waals surface area (Å²) in [7, 11) is -2.35. The fourth-order valence-corrected chi connectivity index (χ4v) is 9.96. The number of sulfonamides is 1. The topological polar surface area (TPSA) is 207 Å². The number of nitrogens with one attached hydrogen (secondary N) is 4. The van der Waals surface area contributed by atoms with Gasteiger partial charge in [-0.1, -0.05) is 26.0 Å². The minimum Gasteiger partial charge on any atom is -0.497 e. The predicted molar refractivity (Wildman–Crippen MR) is 237 cm³/mol. The van der Waals surface area contributed by atoms with Crippen LogP contribution in [-0.4, -0.2) is 101 Å². The van der Waals surface area contributed by atoms with Gasteiger partial charge in [0, 0.05) is 23.3 Å². The van der Waals surface area contributed by atoms with Crippen molar-refractivity contribution in [1.82, 2.24) is 35.5 Å². The molecule has 4 N–H and O–H groups in total. The second kappa shape index (κ2) is 18.0. The molecule has 4 aliphatic rings. The van der Waals surface area contributed by atoms with Crippen LogP contribution < -0.4 is 34.9 Å². The first kappa shape index (κ1) is 45.6. The summed E-state index contributed by atoms with van der Waals surface area (Å²) in [6, 6.07) is 8.26. The Morgan fingerprint density at radius 2 is 1.75 bits per heavy atom. The zero-order valence-electron chi connectivity index (χ0n) is 37.4. The van der Waals surface area contributed by atoms with E-state index in [1.807, 2.05) is 78.0 Å². The first-order valence-electron chi connectivity index (χ1n) is 22.0. The summed E-state index contributed by atoms with van der Waals surface area (Å²) < 4.78 is 46.3. The molecule has 3 fully saturated rings. The number of hydrogen-bond donors (Lipinski definition) is 4. The van der Waals surface area contributed by atoms with Gasteiger partial charge in [-0.2, -0.15) is 0 Å². The summed E-state index contributed by atoms with van der Waals surface area (Å²) in [5, 5.41) is 9.52. The fraction of sp³-hybridized carbons (Fsp3) is 0.565. The van der Waals surface area contributed by atoms with Gasteiger partial charge in [0.1, 0.15) is 35.2 Å². The number of carbonyl (C=O) groups excluding carboxylic acids is 4. The maximum atomic E-state index is 15.0. The zero-order valence-corrected chi connectivity index (χ0v) is 38.2. The lowest BCUT2D eigenvalue weighted by atomic mass is 9.88. The maximum absolute atomic E-state index is 15.0. The Kier molecular flexibility index (Phi) is 13.0. The van der Waals surface area contributed by atoms with Gasteiger partial charge < -0.3 is 35.1 Å². The van der Waals surface area contributed by atoms with E-state index in [9.17, 15) is 22.8 Å². The van der Waals surface area contributed by atoms with Crippen molar-refractivity contribution >= 4 is 44.5 Å². The van der Waals surface area contributed by atoms with Crippen LogP contribution in [0.1, 0.15) is 93.4 Å². The molecule has 340 valence electrons. The van der Waals surface area contributed by atoms with Gasteiger partial charge in [-0.3, -0.25) is 24.1 Å². The number of allylic oxidation sites excluding steroid dienone is 1. The second-order valence-electron chi connectivity index (χ2n) is 19.0. The Morgan fingerprint density at radius 3 is 2.41 bits per heavy atom. The van der Waals surface area contributed by atoms with E-state index >= 15 is 4.79 Å². The van der Waals surface area contributed by atoms with Gasteiger partial charge in [-0.05, 0) is 127 Å². The van der Waals surface area contributed by atoms with Crippen LogP contribution in [-0.2, 0) is 24.4 Å². The molecular weight excluding hydrogens is 827 g/mol. The number of rotatable bonds is 10. The lowest BCUT2D eigenvalue weighted by Gasteiger charge is -2.33. The van der Waals surface area contributed by atoms with Gasteiger partial charge in [-0.25, -0.2) is 18.2 Å². The van der Waals surface area contributed by atoms with Crippen molar-refractivity contribution in [2.45, 2.75) is 134 Å². The number of pyridine rings is 2. The third-order valence-electron chi connectivity index (χ3n) is 12.0. The van der Waals surface area contributed by atoms with Crippen molar-refractivity contribution in [3.8, 4) is 28.8 Å². The minimum absolute atomic E-state index is 0.00485. The van der Waals surface area contributed by atoms with E-state index in [4.69, 9.17) is 19.2 Å². The molecule has 7 atom stereocenters. The summed E-state index contributed by atoms with van der Waals surface area (Å²) in [4.78, 5) is 68.2. The van der Waals surface area contributed by atoms with E-state index in [1.165, 1.54) is 4.90 Å². The highest BCUT2D eigenvalue weighted by molar-refractivity contribution is 7.91. The molecule has 63 heavy (non-hydrogen) atoms. The standard InChI is InChI=1S/C46H61N7O9S/c1-26(2)61-32-14-18-36(47-24-32)37-21-29-20-31(60-8)13-17-35(29)41(48-37)62-33-22-38-40(54)50-46(43(56)52-63(58,59)34-15-16-34)23-30(46)12-10-9-11-27(3)19-28(4)39(42(55)53(38)25-33)49-44(57)51-45(5,6)7/h10,12-14,17-18,20-21,24,26-28,30,33-34,38-39H,9,11,15-16,19,22-23,25H2,1-8H3,(H,50,54)(H,52,56)(H2,49,51,57)/b12-10-/t27-,28-,30-,33-,38+,39+,46-/m1/s1. The van der Waals surface area contributed by atoms with Crippen LogP contribution in [0.3, 0.4) is 0 Å². The average molecular weight is 888 g/mol. The summed E-state index contributed by atoms with van der Waals surface area (Å²) >= 11 is 0. The van der Waals surface area contributed by atoms with Gasteiger partial charge >= 0.3 is 6.03 Å². The molecule has 2 aromatic heterocycles. The highest BCUT2D eigenvalue weighted by atomic mass is 32.2. The van der Waals surface area contributed by atoms with E-state index in [2.05, 4.69) is 32.6 Å². The number of nitrogens with zero attached hydrogens (tertiary/aromatic N) is 3. The minimum atomic E-state index is -3.93. The van der Waals surface area contributed by atoms with Crippen LogP contribution in [0.15, 0.2) is 54.7 Å². The molecule has 2 saturated carbocycles. The number of benzene rings is 1. The molecule has 1 saturated heterocycles. The Balaban J connectivity index is 1.25. The number of urea groups is 1. The first-order valence-corrected chi connectivity index (χ1v) is 23.5. The maximum Gasteiger partial charge on any atom is 0.315 e. The molecule has 5 amide bonds. The van der Waals surface area contributed by atoms with Crippen molar-refractivity contribution < 1.29 is 41.8 Å². The molecule has 1 aromatic carbocycles. The van der Waals surface area contributed by atoms with Crippen molar-refractivity contribution in [3.05, 3.63) is 54.7 Å². The summed E-state index contributed by atoms with van der Waals surface area (Å²) in [6.45, 7) is 13.3. The van der Waals surface area contributed by atoms with Crippen LogP contribution in [0.25, 0.3) is 22.2 Å². The Hall–Kier alpha value is -5.45. The molecule has 0 spiro atoms. The van der Waals surface area contributed by atoms with Crippen molar-refractivity contribution in [2.24, 2.45) is 17.8 Å². The van der Waals surface area contributed by atoms with Crippen LogP contribution in [0, 0.1) is 17.8 Å². The lowest BCUT2D eigenvalue weighted by Crippen LogP contribution is -2.60. The number of carbonyl (C=O) groups is 4. The number of amides is 5. The summed E-state index contributed by atoms with van der Waals surface area (Å²) in [5.74, 6) is -1.11. The SMILES string of the molecule is COc1ccc2c(O[C@@H]3C[C@H]4C(=O)N[C@]5(C(=O)NS(=O)(=O)C6CC6)C[C@H]5/C=C\CC[C@@H](C)C[C@@H](C)[C@H](NC(=O)NC(C)(C)C)C(=O)N4C3)nc(-c3ccc(OC(C)C)cn3)cc2c1. The van der Waals surface area contributed by atoms with Gasteiger partial charge in [0.2, 0.25) is 27.7 Å². The molecule has 7 rings (SSSR count). The predicted octanol–water partition coefficient (Wildman–Crippen LogP) is 5.40. The largest absolute Gasteiger partial charge is 0.497 e. The number of aromatic nitrogens is 2. The quantitative estimate of drug-likeness (QED) is 0.190. The van der Waals surface area contributed by atoms with E-state index in [1.54, 1.807) is 25.4 Å². The highest BCUT2D eigenvalue weighted by Gasteiger charge is 2.62. The van der Waals surface area contributed by atoms with Crippen LogP contribution in [0.5, 0.6) is 17.4 Å². The number of hydrogen-bond acceptors (Lipinski definition) is 11. The van der Waals surface area contributed by atoms with Gasteiger partial charge in [0.15, 0.2) is 0 Å². The zero-order chi connectivity index (χ0) is 45.4. The molecule has 16 nitrogen and oxygen atoms in total. The smallest absolute Gasteiger partial charge is 0.315 e. The summed E-state index contributed by atoms with van der Waals surface area (Å²) in [6.07, 6.45) is 7.82. The number of methoxy groups -OCH3 is 1. The molecular formula is C46H61N7O9S. The van der Waals surface area contributed by atoms with E-state index < -0.39 is 74.2 Å². The molecule has 3 aromatic rings. The van der Waals surface area contributed by atoms with Crippen LogP contribution >= 0.6 is 0 Å². The van der Waals surface area contributed by atoms with Gasteiger partial charge in [-0.15, -0.1) is 0 Å². The van der Waals surface area contributed by atoms with Gasteiger partial charge in [0.25, 0.3) is 5.91 Å². The van der Waals surface area contributed by atoms with Crippen LogP contribution in [0.4, 0.5) is 4.79 Å². The Labute approximate surface area is 369 Å². The van der Waals surface area contributed by atoms with E-state index in [0.717, 1.165) is 11.8 Å². The van der Waals surface area contributed by atoms with Crippen LogP contribution in [0.2, 0.25) is 0 Å². The molecule has 17 heteroatoms. The monoisotopic (exact) mass is 887 g/mol. The first-order chi connectivity index (χ1) is 29.7. The molecule has 2 aliphatic carbocycles. The molecule has 0 radical (unpaired) electrons. The molecule has 0 unspecified atom stereocenters. The Bertz CT molecular complexity index is 2360. The average Bonchev–Trinajstić information content (AvgIpc) is 4.14. The Morgan fingerprint density at radius 1 is 1.00 bits per heavy atom. The van der Waals surface area contributed by atoms with Gasteiger partial charge in [0.05, 0.1) is 42.6 Å². The van der Waals surface area contributed by atoms with E-state index in [0.29, 0.717) is 54.0 Å². The second-order valence-corrected chi connectivity index (χ2v) is 21.0. The van der Waals surface area contributed by atoms with E-state index in [-0.39, 0.29) is 43.2 Å². The normalized spacial score (nSPS) is 27.2. The fourth-order valence-electron chi connectivity index (χ4n) is 8.60. The van der Waals surface area contributed by atoms with Crippen molar-refractivity contribution in [3.63, 3.8) is 0 Å². The third-order valence-corrected chi connectivity index (χ3v) is 13.9. The highest BCUT2D eigenvalue weighted by Crippen LogP contribution is 2.46.